The van der Waals surface area contributed by atoms with E-state index >= 15 is 0 Å². The Hall–Kier alpha value is -5.90. The molecule has 6 aromatic carbocycles. The van der Waals surface area contributed by atoms with Crippen LogP contribution in [-0.2, 0) is 91.7 Å². The highest BCUT2D eigenvalue weighted by Gasteiger charge is 2.64. The Morgan fingerprint density at radius 3 is 0.709 bits per heavy atom. The van der Waals surface area contributed by atoms with Gasteiger partial charge in [0, 0.05) is 96.6 Å². The van der Waals surface area contributed by atoms with Gasteiger partial charge in [-0.3, -0.25) is 19.2 Å². The van der Waals surface area contributed by atoms with E-state index in [1.165, 1.54) is 0 Å². The van der Waals surface area contributed by atoms with Crippen molar-refractivity contribution in [1.82, 2.24) is 0 Å². The Morgan fingerprint density at radius 1 is 0.309 bits per heavy atom. The third-order valence-electron chi connectivity index (χ3n) is 21.2. The molecule has 6 aromatic rings. The second-order valence-corrected chi connectivity index (χ2v) is 60.8. The Balaban J connectivity index is 0.000000252. The van der Waals surface area contributed by atoms with Crippen molar-refractivity contribution in [2.45, 2.75) is 271 Å². The quantitative estimate of drug-likeness (QED) is 0.0222. The number of carbonyl (C=O) groups excluding carboxylic acids is 4. The number of esters is 4. The molecule has 3 fully saturated rings. The normalized spacial score (nSPS) is 16.8. The van der Waals surface area contributed by atoms with E-state index in [2.05, 4.69) is 265 Å². The molecule has 0 N–H and O–H groups in total. The monoisotopic (exact) mass is 1640 g/mol. The zero-order chi connectivity index (χ0) is 81.5. The summed E-state index contributed by atoms with van der Waals surface area (Å²) in [5.41, 5.74) is 9.13. The summed E-state index contributed by atoms with van der Waals surface area (Å²) in [6.07, 6.45) is 4.06. The van der Waals surface area contributed by atoms with Crippen molar-refractivity contribution >= 4 is 133 Å². The van der Waals surface area contributed by atoms with Crippen molar-refractivity contribution in [2.75, 3.05) is 36.2 Å². The Labute approximate surface area is 673 Å². The van der Waals surface area contributed by atoms with Crippen LogP contribution in [0, 0.1) is 0 Å². The summed E-state index contributed by atoms with van der Waals surface area (Å²) in [5, 5.41) is 0. The molecule has 0 amide bonds. The van der Waals surface area contributed by atoms with Crippen LogP contribution in [-0.4, -0.2) is 137 Å². The molecule has 9 rings (SSSR count). The van der Waals surface area contributed by atoms with Gasteiger partial charge in [-0.1, -0.05) is 155 Å². The van der Waals surface area contributed by atoms with E-state index in [-0.39, 0.29) is 46.3 Å². The standard InChI is InChI=1S/C40H58BNO6Si2.C34H46BrNO4Si2.C12H24B2O4/c1-39(2)40(3,4)48-41(47-39)33-17-23-36(24-18-33)42(34-19-11-31(12-20-34)15-25-37(43)45-27-29-49(5,6)7)35-21-13-32(14-22-35)16-26-38(44)46-28-30-50(8,9)10;1-41(2,3)25-23-39-33(37)21-11-27-7-15-30(16-8-27)36(32-19-13-29(35)14-20-32)31-17-9-28(10-18-31)12-22-34(38)40-24-26-42(4,5)6;1-9(2)10(3,4)16-13(15-9)14-17-11(5,6)12(7,8)18-14/h11-14,17-24H,15-16,25-30H2,1-10H3;7-10,13-20H,11-12,21-26H2,1-6H3;1-8H3. The van der Waals surface area contributed by atoms with Crippen molar-refractivity contribution in [3.63, 3.8) is 0 Å². The molecule has 0 radical (unpaired) electrons. The highest BCUT2D eigenvalue weighted by Crippen LogP contribution is 2.44. The molecule has 3 heterocycles. The first-order chi connectivity index (χ1) is 51.0. The van der Waals surface area contributed by atoms with Gasteiger partial charge in [-0.15, -0.1) is 0 Å². The molecule has 0 saturated carbocycles. The SMILES string of the molecule is CC1(C)OB(B2OC(C)(C)C(C)(C)O2)OC1(C)C.CC1(C)OB(c2ccc(N(c3ccc(CCC(=O)OCC[Si](C)(C)C)cc3)c3ccc(CCC(=O)OCC[Si](C)(C)C)cc3)cc2)OC1(C)C.C[Si](C)(C)CCOC(=O)CCc1ccc(N(c2ccc(Br)cc2)c2ccc(CCC(=O)OCC[Si](C)(C)C)cc2)cc1. The molecule has 0 spiro atoms. The van der Waals surface area contributed by atoms with Crippen LogP contribution in [0.4, 0.5) is 34.1 Å². The number of halogens is 1. The number of hydrogen-bond donors (Lipinski definition) is 0. The zero-order valence-corrected chi connectivity index (χ0v) is 76.5. The number of carbonyl (C=O) groups is 4. The van der Waals surface area contributed by atoms with Gasteiger partial charge < -0.3 is 56.7 Å². The smallest absolute Gasteiger partial charge is 0.466 e. The minimum Gasteiger partial charge on any atom is -0.466 e. The maximum absolute atomic E-state index is 12.4. The molecule has 3 aliphatic heterocycles. The lowest BCUT2D eigenvalue weighted by atomic mass is 9.49. The van der Waals surface area contributed by atoms with E-state index in [4.69, 9.17) is 46.9 Å². The first-order valence-electron chi connectivity index (χ1n) is 39.5. The molecule has 598 valence electrons. The first-order valence-corrected chi connectivity index (χ1v) is 55.1. The average Bonchev–Trinajstić information content (AvgIpc) is 1.60. The van der Waals surface area contributed by atoms with Crippen molar-refractivity contribution in [1.29, 1.82) is 0 Å². The number of ether oxygens (including phenoxy) is 4. The van der Waals surface area contributed by atoms with Gasteiger partial charge >= 0.3 is 45.0 Å². The van der Waals surface area contributed by atoms with Gasteiger partial charge in [0.1, 0.15) is 0 Å². The lowest BCUT2D eigenvalue weighted by molar-refractivity contribution is -0.144. The third kappa shape index (κ3) is 28.6. The Kier molecular flexibility index (Phi) is 31.9. The predicted octanol–water partition coefficient (Wildman–Crippen LogP) is 20.9. The van der Waals surface area contributed by atoms with E-state index in [0.717, 1.165) is 90.5 Å². The minimum atomic E-state index is -1.24. The van der Waals surface area contributed by atoms with Gasteiger partial charge in [0.2, 0.25) is 0 Å². The predicted molar refractivity (Wildman–Crippen MR) is 468 cm³/mol. The maximum atomic E-state index is 12.4. The van der Waals surface area contributed by atoms with Crippen LogP contribution in [0.1, 0.15) is 131 Å². The summed E-state index contributed by atoms with van der Waals surface area (Å²) >= 11 is 3.54. The van der Waals surface area contributed by atoms with E-state index in [9.17, 15) is 19.2 Å². The summed E-state index contributed by atoms with van der Waals surface area (Å²) in [5.74, 6) is -0.547. The van der Waals surface area contributed by atoms with E-state index < -0.39 is 64.6 Å². The fourth-order valence-corrected chi connectivity index (χ4v) is 14.8. The van der Waals surface area contributed by atoms with Crippen molar-refractivity contribution in [2.24, 2.45) is 0 Å². The maximum Gasteiger partial charge on any atom is 0.494 e. The number of benzene rings is 6. The highest BCUT2D eigenvalue weighted by atomic mass is 79.9. The number of rotatable bonds is 32. The van der Waals surface area contributed by atoms with Gasteiger partial charge in [0.25, 0.3) is 0 Å². The molecule has 24 heteroatoms. The van der Waals surface area contributed by atoms with Crippen LogP contribution < -0.4 is 15.3 Å². The summed E-state index contributed by atoms with van der Waals surface area (Å²) in [6.45, 7) is 53.9. The molecule has 0 atom stereocenters. The fraction of sp³-hybridized carbons (Fsp3) is 0.535. The van der Waals surface area contributed by atoms with Crippen LogP contribution in [0.3, 0.4) is 0 Å². The van der Waals surface area contributed by atoms with Gasteiger partial charge in [-0.25, -0.2) is 0 Å². The van der Waals surface area contributed by atoms with Crippen LogP contribution in [0.2, 0.25) is 103 Å². The number of nitrogens with zero attached hydrogens (tertiary/aromatic N) is 2. The summed E-state index contributed by atoms with van der Waals surface area (Å²) in [6, 6.07) is 53.9. The minimum absolute atomic E-state index is 0.131. The van der Waals surface area contributed by atoms with Gasteiger partial charge in [-0.05, 0) is 246 Å². The van der Waals surface area contributed by atoms with Crippen LogP contribution in [0.15, 0.2) is 150 Å². The average molecular weight is 1640 g/mol. The van der Waals surface area contributed by atoms with E-state index in [1.54, 1.807) is 0 Å². The third-order valence-corrected chi connectivity index (χ3v) is 28.6. The molecule has 0 aromatic heterocycles. The second-order valence-electron chi connectivity index (χ2n) is 37.4. The first kappa shape index (κ1) is 91.3. The van der Waals surface area contributed by atoms with Gasteiger partial charge in [-0.2, -0.15) is 0 Å². The van der Waals surface area contributed by atoms with Gasteiger partial charge in [0.05, 0.1) is 60.0 Å². The fourth-order valence-electron chi connectivity index (χ4n) is 11.6. The molecule has 0 unspecified atom stereocenters. The largest absolute Gasteiger partial charge is 0.494 e. The molecule has 0 bridgehead atoms. The molecule has 16 nitrogen and oxygen atoms in total. The second kappa shape index (κ2) is 38.5. The van der Waals surface area contributed by atoms with Crippen molar-refractivity contribution in [3.05, 3.63) is 172 Å². The van der Waals surface area contributed by atoms with Crippen LogP contribution in [0.5, 0.6) is 0 Å². The molecule has 110 heavy (non-hydrogen) atoms. The van der Waals surface area contributed by atoms with Crippen molar-refractivity contribution < 1.29 is 66.1 Å². The lowest BCUT2D eigenvalue weighted by Crippen LogP contribution is -2.41. The highest BCUT2D eigenvalue weighted by molar-refractivity contribution is 9.10. The van der Waals surface area contributed by atoms with E-state index in [1.807, 2.05) is 67.5 Å². The Morgan fingerprint density at radius 2 is 0.500 bits per heavy atom. The summed E-state index contributed by atoms with van der Waals surface area (Å²) in [7, 11) is -6.29. The summed E-state index contributed by atoms with van der Waals surface area (Å²) in [4.78, 5) is 53.6. The molecular formula is C86H128B3BrN2O14Si4. The summed E-state index contributed by atoms with van der Waals surface area (Å²) < 4.78 is 59.4. The number of aryl methyl sites for hydroxylation is 4. The zero-order valence-electron chi connectivity index (χ0n) is 70.9. The van der Waals surface area contributed by atoms with Crippen LogP contribution >= 0.6 is 15.9 Å². The molecule has 0 aliphatic carbocycles. The van der Waals surface area contributed by atoms with Crippen molar-refractivity contribution in [3.8, 4) is 0 Å². The molecule has 3 saturated heterocycles. The Bertz CT molecular complexity index is 3690. The van der Waals surface area contributed by atoms with Crippen LogP contribution in [0.25, 0.3) is 0 Å². The lowest BCUT2D eigenvalue weighted by Gasteiger charge is -2.32. The van der Waals surface area contributed by atoms with E-state index in [0.29, 0.717) is 77.8 Å². The number of anilines is 6. The number of hydrogen-bond acceptors (Lipinski definition) is 16. The topological polar surface area (TPSA) is 167 Å². The molecular weight excluding hydrogens is 1510 g/mol. The van der Waals surface area contributed by atoms with Gasteiger partial charge in [0.15, 0.2) is 0 Å². The molecule has 3 aliphatic rings.